The Hall–Kier alpha value is -2.30. The van der Waals surface area contributed by atoms with Gasteiger partial charge < -0.3 is 4.74 Å². The van der Waals surface area contributed by atoms with Crippen molar-refractivity contribution >= 4 is 6.21 Å². The van der Waals surface area contributed by atoms with Gasteiger partial charge in [0.05, 0.1) is 7.11 Å². The van der Waals surface area contributed by atoms with Gasteiger partial charge in [-0.3, -0.25) is 0 Å². The fourth-order valence-corrected chi connectivity index (χ4v) is 1.86. The Morgan fingerprint density at radius 2 is 1.62 bits per heavy atom. The zero-order valence-corrected chi connectivity index (χ0v) is 11.5. The molecular weight excluding hydrogens is 279 g/mol. The third kappa shape index (κ3) is 4.34. The minimum Gasteiger partial charge on any atom is -0.497 e. The molecule has 0 bridgehead atoms. The zero-order valence-electron chi connectivity index (χ0n) is 11.5. The first-order chi connectivity index (χ1) is 9.99. The third-order valence-electron chi connectivity index (χ3n) is 2.94. The summed E-state index contributed by atoms with van der Waals surface area (Å²) in [6.45, 7) is -0.226. The summed E-state index contributed by atoms with van der Waals surface area (Å²) in [6.07, 6.45) is -3.35. The first-order valence-electron chi connectivity index (χ1n) is 6.35. The van der Waals surface area contributed by atoms with E-state index in [1.165, 1.54) is 7.11 Å². The molecule has 2 aromatic carbocycles. The van der Waals surface area contributed by atoms with Gasteiger partial charge in [-0.2, -0.15) is 0 Å². The Labute approximate surface area is 121 Å². The fourth-order valence-electron chi connectivity index (χ4n) is 1.86. The quantitative estimate of drug-likeness (QED) is 0.474. The monoisotopic (exact) mass is 294 g/mol. The molecule has 2 aromatic rings. The second-order valence-electron chi connectivity index (χ2n) is 4.48. The molecule has 2 nitrogen and oxygen atoms in total. The second-order valence-corrected chi connectivity index (χ2v) is 4.48. The minimum absolute atomic E-state index is 0.226. The van der Waals surface area contributed by atoms with Gasteiger partial charge in [0, 0.05) is 11.1 Å². The minimum atomic E-state index is -4.43. The van der Waals surface area contributed by atoms with Crippen molar-refractivity contribution in [3.8, 4) is 5.75 Å². The number of hydrogen-bond donors (Lipinski definition) is 0. The van der Waals surface area contributed by atoms with Gasteiger partial charge in [-0.1, -0.05) is 30.3 Å². The van der Waals surface area contributed by atoms with Crippen LogP contribution in [-0.4, -0.2) is 24.2 Å². The molecule has 0 spiro atoms. The van der Waals surface area contributed by atoms with Gasteiger partial charge in [-0.05, 0) is 24.3 Å². The van der Waals surface area contributed by atoms with E-state index in [0.717, 1.165) is 6.21 Å². The van der Waals surface area contributed by atoms with Crippen LogP contribution in [0, 0.1) is 0 Å². The van der Waals surface area contributed by atoms with E-state index >= 15 is 0 Å². The predicted octanol–water partition coefficient (Wildman–Crippen LogP) is 3.85. The van der Waals surface area contributed by atoms with Crippen molar-refractivity contribution in [1.29, 1.82) is 0 Å². The number of benzene rings is 2. The highest BCUT2D eigenvalue weighted by atomic mass is 19.4. The van der Waals surface area contributed by atoms with Crippen LogP contribution in [0.15, 0.2) is 54.6 Å². The summed E-state index contributed by atoms with van der Waals surface area (Å²) in [5.74, 6) is 0.605. The largest absolute Gasteiger partial charge is 0.633 e. The van der Waals surface area contributed by atoms with Crippen LogP contribution < -0.4 is 4.74 Å². The Kier molecular flexibility index (Phi) is 4.62. The van der Waals surface area contributed by atoms with E-state index in [-0.39, 0.29) is 6.54 Å². The van der Waals surface area contributed by atoms with Crippen LogP contribution in [-0.2, 0) is 6.54 Å². The van der Waals surface area contributed by atoms with Gasteiger partial charge in [0.1, 0.15) is 5.75 Å². The number of nitrogens with zero attached hydrogens (tertiary/aromatic N) is 1. The SMILES string of the molecule is COc1ccc(/C=[N+](/Cc2ccccc2)C(F)(F)F)cc1. The lowest BCUT2D eigenvalue weighted by Crippen LogP contribution is -2.29. The van der Waals surface area contributed by atoms with E-state index in [2.05, 4.69) is 0 Å². The maximum absolute atomic E-state index is 13.1. The molecule has 0 saturated carbocycles. The van der Waals surface area contributed by atoms with Gasteiger partial charge in [0.25, 0.3) is 0 Å². The van der Waals surface area contributed by atoms with Crippen LogP contribution in [0.1, 0.15) is 11.1 Å². The average molecular weight is 294 g/mol. The van der Waals surface area contributed by atoms with Crippen LogP contribution in [0.5, 0.6) is 5.75 Å². The van der Waals surface area contributed by atoms with Crippen molar-refractivity contribution in [2.24, 2.45) is 0 Å². The van der Waals surface area contributed by atoms with E-state index in [9.17, 15) is 13.2 Å². The van der Waals surface area contributed by atoms with Crippen LogP contribution in [0.2, 0.25) is 0 Å². The summed E-state index contributed by atoms with van der Waals surface area (Å²) in [7, 11) is 1.51. The van der Waals surface area contributed by atoms with Crippen molar-refractivity contribution in [3.05, 3.63) is 65.7 Å². The van der Waals surface area contributed by atoms with Crippen LogP contribution in [0.3, 0.4) is 0 Å². The lowest BCUT2D eigenvalue weighted by Gasteiger charge is -2.07. The number of rotatable bonds is 4. The molecule has 110 valence electrons. The summed E-state index contributed by atoms with van der Waals surface area (Å²) in [4.78, 5) is 0. The summed E-state index contributed by atoms with van der Waals surface area (Å²) < 4.78 is 44.7. The predicted molar refractivity (Wildman–Crippen MR) is 74.6 cm³/mol. The lowest BCUT2D eigenvalue weighted by atomic mass is 10.2. The van der Waals surface area contributed by atoms with Crippen LogP contribution in [0.4, 0.5) is 13.2 Å². The highest BCUT2D eigenvalue weighted by Gasteiger charge is 2.43. The van der Waals surface area contributed by atoms with Gasteiger partial charge in [0.15, 0.2) is 12.8 Å². The Morgan fingerprint density at radius 3 is 2.14 bits per heavy atom. The Balaban J connectivity index is 2.29. The molecule has 2 rings (SSSR count). The van der Waals surface area contributed by atoms with Gasteiger partial charge in [0.2, 0.25) is 0 Å². The van der Waals surface area contributed by atoms with E-state index < -0.39 is 6.30 Å². The first kappa shape index (κ1) is 15.1. The summed E-state index contributed by atoms with van der Waals surface area (Å²) in [6, 6.07) is 15.0. The Bertz CT molecular complexity index is 604. The van der Waals surface area contributed by atoms with E-state index in [0.29, 0.717) is 21.5 Å². The van der Waals surface area contributed by atoms with E-state index in [4.69, 9.17) is 4.74 Å². The van der Waals surface area contributed by atoms with Crippen molar-refractivity contribution in [2.75, 3.05) is 7.11 Å². The third-order valence-corrected chi connectivity index (χ3v) is 2.94. The molecule has 0 aliphatic heterocycles. The van der Waals surface area contributed by atoms with Crippen molar-refractivity contribution < 1.29 is 22.5 Å². The van der Waals surface area contributed by atoms with Gasteiger partial charge in [-0.15, -0.1) is 17.7 Å². The number of alkyl halides is 3. The van der Waals surface area contributed by atoms with Gasteiger partial charge in [-0.25, -0.2) is 0 Å². The average Bonchev–Trinajstić information content (AvgIpc) is 2.47. The summed E-state index contributed by atoms with van der Waals surface area (Å²) in [5, 5.41) is 0. The molecule has 0 N–H and O–H groups in total. The van der Waals surface area contributed by atoms with Gasteiger partial charge >= 0.3 is 6.30 Å². The smallest absolute Gasteiger partial charge is 0.497 e. The molecule has 0 unspecified atom stereocenters. The highest BCUT2D eigenvalue weighted by Crippen LogP contribution is 2.19. The van der Waals surface area contributed by atoms with Crippen LogP contribution >= 0.6 is 0 Å². The zero-order chi connectivity index (χ0) is 15.3. The first-order valence-corrected chi connectivity index (χ1v) is 6.35. The summed E-state index contributed by atoms with van der Waals surface area (Å²) in [5.41, 5.74) is 1.06. The molecule has 5 heteroatoms. The molecular formula is C16H15F3NO+. The molecule has 0 heterocycles. The van der Waals surface area contributed by atoms with Crippen LogP contribution in [0.25, 0.3) is 0 Å². The van der Waals surface area contributed by atoms with E-state index in [1.54, 1.807) is 54.6 Å². The Morgan fingerprint density at radius 1 is 1.00 bits per heavy atom. The van der Waals surface area contributed by atoms with Crippen molar-refractivity contribution in [2.45, 2.75) is 12.8 Å². The van der Waals surface area contributed by atoms with E-state index in [1.807, 2.05) is 0 Å². The van der Waals surface area contributed by atoms with Crippen molar-refractivity contribution in [1.82, 2.24) is 0 Å². The number of methoxy groups -OCH3 is 1. The molecule has 0 aromatic heterocycles. The normalized spacial score (nSPS) is 12.3. The number of halogens is 3. The lowest BCUT2D eigenvalue weighted by molar-refractivity contribution is -0.720. The molecule has 0 atom stereocenters. The number of hydrogen-bond acceptors (Lipinski definition) is 1. The topological polar surface area (TPSA) is 12.2 Å². The second kappa shape index (κ2) is 6.43. The fraction of sp³-hybridized carbons (Fsp3) is 0.188. The molecule has 21 heavy (non-hydrogen) atoms. The van der Waals surface area contributed by atoms with Crippen molar-refractivity contribution in [3.63, 3.8) is 0 Å². The maximum Gasteiger partial charge on any atom is 0.633 e. The standard InChI is InChI=1S/C16H15F3NO/c1-21-15-9-7-14(8-10-15)12-20(16(17,18)19)11-13-5-3-2-4-6-13/h2-10,12H,11H2,1H3/q+1/b20-12-. The molecule has 0 amide bonds. The molecule has 0 aliphatic carbocycles. The molecule has 0 aliphatic rings. The molecule has 0 fully saturated rings. The summed E-state index contributed by atoms with van der Waals surface area (Å²) >= 11 is 0. The molecule has 0 saturated heterocycles. The highest BCUT2D eigenvalue weighted by molar-refractivity contribution is 5.75. The maximum atomic E-state index is 13.1. The number of ether oxygens (including phenoxy) is 1. The molecule has 0 radical (unpaired) electrons.